The van der Waals surface area contributed by atoms with Crippen LogP contribution in [0, 0.1) is 6.92 Å². The molecular formula is C23H39N3O. The molecule has 0 unspecified atom stereocenters. The zero-order valence-corrected chi connectivity index (χ0v) is 17.6. The van der Waals surface area contributed by atoms with E-state index in [1.165, 1.54) is 63.6 Å². The van der Waals surface area contributed by atoms with Gasteiger partial charge in [0.25, 0.3) is 0 Å². The van der Waals surface area contributed by atoms with Crippen molar-refractivity contribution >= 4 is 11.4 Å². The summed E-state index contributed by atoms with van der Waals surface area (Å²) < 4.78 is 6.02. The predicted molar refractivity (Wildman–Crippen MR) is 115 cm³/mol. The quantitative estimate of drug-likeness (QED) is 0.663. The van der Waals surface area contributed by atoms with Gasteiger partial charge in [0.05, 0.1) is 17.5 Å². The Morgan fingerprint density at radius 1 is 1.15 bits per heavy atom. The zero-order valence-electron chi connectivity index (χ0n) is 17.6. The van der Waals surface area contributed by atoms with Crippen LogP contribution >= 0.6 is 0 Å². The third-order valence-corrected chi connectivity index (χ3v) is 6.81. The van der Waals surface area contributed by atoms with Crippen molar-refractivity contribution in [3.8, 4) is 0 Å². The highest BCUT2D eigenvalue weighted by Crippen LogP contribution is 2.39. The number of nitrogen functional groups attached to an aromatic ring is 1. The lowest BCUT2D eigenvalue weighted by atomic mass is 9.76. The molecule has 1 aromatic rings. The highest BCUT2D eigenvalue weighted by molar-refractivity contribution is 5.67. The van der Waals surface area contributed by atoms with Gasteiger partial charge in [0.1, 0.15) is 0 Å². The summed E-state index contributed by atoms with van der Waals surface area (Å²) >= 11 is 0. The number of piperidine rings is 1. The third-order valence-electron chi connectivity index (χ3n) is 6.81. The molecule has 0 bridgehead atoms. The third kappa shape index (κ3) is 4.97. The van der Waals surface area contributed by atoms with Gasteiger partial charge in [-0.25, -0.2) is 0 Å². The van der Waals surface area contributed by atoms with Gasteiger partial charge >= 0.3 is 0 Å². The lowest BCUT2D eigenvalue weighted by molar-refractivity contribution is -0.0366. The Bertz CT molecular complexity index is 587. The van der Waals surface area contributed by atoms with Crippen molar-refractivity contribution in [2.45, 2.75) is 89.8 Å². The molecule has 0 amide bonds. The molecule has 0 aromatic heterocycles. The second kappa shape index (κ2) is 9.29. The topological polar surface area (TPSA) is 50.5 Å². The molecule has 0 spiro atoms. The fourth-order valence-corrected chi connectivity index (χ4v) is 4.99. The van der Waals surface area contributed by atoms with Crippen LogP contribution in [0.25, 0.3) is 0 Å². The summed E-state index contributed by atoms with van der Waals surface area (Å²) in [6.07, 6.45) is 10.3. The van der Waals surface area contributed by atoms with Crippen molar-refractivity contribution in [1.29, 1.82) is 0 Å². The molecule has 2 fully saturated rings. The van der Waals surface area contributed by atoms with Gasteiger partial charge in [0.2, 0.25) is 0 Å². The lowest BCUT2D eigenvalue weighted by Gasteiger charge is -2.50. The van der Waals surface area contributed by atoms with Crippen LogP contribution in [0.4, 0.5) is 11.4 Å². The van der Waals surface area contributed by atoms with Crippen molar-refractivity contribution < 1.29 is 4.74 Å². The van der Waals surface area contributed by atoms with Crippen LogP contribution in [0.2, 0.25) is 0 Å². The van der Waals surface area contributed by atoms with Crippen LogP contribution in [0.5, 0.6) is 0 Å². The number of hydrogen-bond acceptors (Lipinski definition) is 4. The average Bonchev–Trinajstić information content (AvgIpc) is 2.70. The zero-order chi connectivity index (χ0) is 19.3. The van der Waals surface area contributed by atoms with E-state index in [-0.39, 0.29) is 0 Å². The molecular weight excluding hydrogens is 334 g/mol. The Labute approximate surface area is 165 Å². The van der Waals surface area contributed by atoms with Gasteiger partial charge in [-0.3, -0.25) is 4.90 Å². The minimum absolute atomic E-state index is 0.402. The molecule has 3 rings (SSSR count). The smallest absolute Gasteiger partial charge is 0.0578 e. The van der Waals surface area contributed by atoms with Crippen molar-refractivity contribution in [3.05, 3.63) is 23.8 Å². The molecule has 27 heavy (non-hydrogen) atoms. The average molecular weight is 374 g/mol. The normalized spacial score (nSPS) is 27.6. The van der Waals surface area contributed by atoms with Crippen molar-refractivity contribution in [2.75, 3.05) is 30.7 Å². The molecule has 0 atom stereocenters. The largest absolute Gasteiger partial charge is 0.397 e. The monoisotopic (exact) mass is 373 g/mol. The number of aryl methyl sites for hydroxylation is 1. The first-order valence-corrected chi connectivity index (χ1v) is 11.1. The molecule has 1 saturated heterocycles. The molecule has 1 aliphatic carbocycles. The molecule has 152 valence electrons. The number of hydrogen-bond donors (Lipinski definition) is 2. The number of anilines is 2. The minimum atomic E-state index is 0.402. The van der Waals surface area contributed by atoms with E-state index in [0.29, 0.717) is 17.7 Å². The summed E-state index contributed by atoms with van der Waals surface area (Å²) in [5.74, 6) is 0. The van der Waals surface area contributed by atoms with Crippen LogP contribution in [0.15, 0.2) is 18.2 Å². The standard InChI is InChI=1S/C23H39N3O/c1-4-16-27-20-8-12-23(5-2,13-9-20)26-14-10-19(11-15-26)25-22-17-18(3)6-7-21(22)24/h6-7,17,19-20,25H,4-5,8-16,24H2,1-3H3/t20-,23-. The Morgan fingerprint density at radius 2 is 1.85 bits per heavy atom. The van der Waals surface area contributed by atoms with E-state index in [0.717, 1.165) is 24.4 Å². The number of nitrogens with one attached hydrogen (secondary N) is 1. The summed E-state index contributed by atoms with van der Waals surface area (Å²) in [5.41, 5.74) is 9.78. The van der Waals surface area contributed by atoms with Crippen molar-refractivity contribution in [2.24, 2.45) is 0 Å². The first kappa shape index (κ1) is 20.5. The SMILES string of the molecule is CCCO[C@H]1CC[C@](CC)(N2CCC(Nc3cc(C)ccc3N)CC2)CC1. The second-order valence-corrected chi connectivity index (χ2v) is 8.64. The number of ether oxygens (including phenoxy) is 1. The van der Waals surface area contributed by atoms with E-state index in [4.69, 9.17) is 10.5 Å². The maximum Gasteiger partial charge on any atom is 0.0578 e. The summed E-state index contributed by atoms with van der Waals surface area (Å²) in [7, 11) is 0. The first-order valence-electron chi connectivity index (χ1n) is 11.1. The van der Waals surface area contributed by atoms with Crippen LogP contribution < -0.4 is 11.1 Å². The highest BCUT2D eigenvalue weighted by atomic mass is 16.5. The fourth-order valence-electron chi connectivity index (χ4n) is 4.99. The van der Waals surface area contributed by atoms with Crippen LogP contribution in [-0.2, 0) is 4.74 Å². The van der Waals surface area contributed by atoms with E-state index in [9.17, 15) is 0 Å². The number of rotatable bonds is 7. The lowest BCUT2D eigenvalue weighted by Crippen LogP contribution is -2.55. The Hall–Kier alpha value is -1.26. The summed E-state index contributed by atoms with van der Waals surface area (Å²) in [5, 5.41) is 3.70. The van der Waals surface area contributed by atoms with E-state index < -0.39 is 0 Å². The van der Waals surface area contributed by atoms with E-state index in [2.05, 4.69) is 43.1 Å². The predicted octanol–water partition coefficient (Wildman–Crippen LogP) is 4.97. The van der Waals surface area contributed by atoms with Gasteiger partial charge in [0.15, 0.2) is 0 Å². The number of nitrogens with zero attached hydrogens (tertiary/aromatic N) is 1. The van der Waals surface area contributed by atoms with Gasteiger partial charge in [-0.05, 0) is 76.0 Å². The van der Waals surface area contributed by atoms with Gasteiger partial charge in [-0.1, -0.05) is 19.9 Å². The van der Waals surface area contributed by atoms with E-state index >= 15 is 0 Å². The summed E-state index contributed by atoms with van der Waals surface area (Å²) in [4.78, 5) is 2.79. The van der Waals surface area contributed by atoms with Crippen LogP contribution in [0.1, 0.15) is 70.8 Å². The maximum atomic E-state index is 6.16. The van der Waals surface area contributed by atoms with Crippen molar-refractivity contribution in [3.63, 3.8) is 0 Å². The van der Waals surface area contributed by atoms with E-state index in [1.807, 2.05) is 6.07 Å². The number of nitrogens with two attached hydrogens (primary N) is 1. The fraction of sp³-hybridized carbons (Fsp3) is 0.739. The van der Waals surface area contributed by atoms with E-state index in [1.54, 1.807) is 0 Å². The van der Waals surface area contributed by atoms with Gasteiger partial charge in [-0.2, -0.15) is 0 Å². The molecule has 1 heterocycles. The van der Waals surface area contributed by atoms with Crippen LogP contribution in [0.3, 0.4) is 0 Å². The second-order valence-electron chi connectivity index (χ2n) is 8.64. The molecule has 1 aromatic carbocycles. The summed E-state index contributed by atoms with van der Waals surface area (Å²) in [6.45, 7) is 10.0. The number of benzene rings is 1. The van der Waals surface area contributed by atoms with Gasteiger partial charge in [-0.15, -0.1) is 0 Å². The molecule has 0 radical (unpaired) electrons. The van der Waals surface area contributed by atoms with Crippen molar-refractivity contribution in [1.82, 2.24) is 4.90 Å². The minimum Gasteiger partial charge on any atom is -0.397 e. The summed E-state index contributed by atoms with van der Waals surface area (Å²) in [6, 6.07) is 6.79. The molecule has 1 saturated carbocycles. The first-order chi connectivity index (χ1) is 13.1. The molecule has 2 aliphatic rings. The Morgan fingerprint density at radius 3 is 2.48 bits per heavy atom. The Kier molecular flexibility index (Phi) is 7.04. The molecule has 4 nitrogen and oxygen atoms in total. The molecule has 1 aliphatic heterocycles. The maximum absolute atomic E-state index is 6.16. The van der Waals surface area contributed by atoms with Gasteiger partial charge in [0, 0.05) is 31.3 Å². The molecule has 3 N–H and O–H groups in total. The Balaban J connectivity index is 1.52. The van der Waals surface area contributed by atoms with Gasteiger partial charge < -0.3 is 15.8 Å². The molecule has 4 heteroatoms. The highest BCUT2D eigenvalue weighted by Gasteiger charge is 2.40. The van der Waals surface area contributed by atoms with Crippen LogP contribution in [-0.4, -0.2) is 42.3 Å². The number of likely N-dealkylation sites (tertiary alicyclic amines) is 1.